The van der Waals surface area contributed by atoms with Crippen LogP contribution in [0.4, 0.5) is 0 Å². The standard InChI is InChI=1S/C10H18O/c1-7(2)9-5-4-8(3)10(11)6-9/h4,7,9-11H,5-6H2,1-3H3. The minimum Gasteiger partial charge on any atom is -0.389 e. The van der Waals surface area contributed by atoms with E-state index in [-0.39, 0.29) is 6.10 Å². The summed E-state index contributed by atoms with van der Waals surface area (Å²) in [5, 5.41) is 9.53. The molecule has 0 aromatic carbocycles. The molecular weight excluding hydrogens is 136 g/mol. The van der Waals surface area contributed by atoms with Crippen LogP contribution >= 0.6 is 0 Å². The van der Waals surface area contributed by atoms with Gasteiger partial charge in [0, 0.05) is 0 Å². The van der Waals surface area contributed by atoms with Crippen molar-refractivity contribution in [1.29, 1.82) is 0 Å². The van der Waals surface area contributed by atoms with Gasteiger partial charge in [-0.05, 0) is 37.2 Å². The minimum absolute atomic E-state index is 0.170. The van der Waals surface area contributed by atoms with Crippen LogP contribution in [-0.2, 0) is 0 Å². The molecule has 1 nitrogen and oxygen atoms in total. The van der Waals surface area contributed by atoms with Crippen LogP contribution < -0.4 is 0 Å². The van der Waals surface area contributed by atoms with Gasteiger partial charge in [-0.25, -0.2) is 0 Å². The summed E-state index contributed by atoms with van der Waals surface area (Å²) in [5.74, 6) is 1.39. The fourth-order valence-electron chi connectivity index (χ4n) is 1.59. The first-order valence-electron chi connectivity index (χ1n) is 4.46. The predicted molar refractivity (Wildman–Crippen MR) is 47.3 cm³/mol. The number of hydrogen-bond donors (Lipinski definition) is 1. The number of hydrogen-bond acceptors (Lipinski definition) is 1. The molecule has 1 N–H and O–H groups in total. The van der Waals surface area contributed by atoms with Crippen molar-refractivity contribution in [2.45, 2.75) is 39.7 Å². The van der Waals surface area contributed by atoms with Crippen LogP contribution in [0.15, 0.2) is 11.6 Å². The molecule has 1 heteroatoms. The number of rotatable bonds is 1. The van der Waals surface area contributed by atoms with Crippen LogP contribution in [0.3, 0.4) is 0 Å². The summed E-state index contributed by atoms with van der Waals surface area (Å²) in [6.07, 6.45) is 4.12. The van der Waals surface area contributed by atoms with Gasteiger partial charge in [-0.2, -0.15) is 0 Å². The maximum Gasteiger partial charge on any atom is 0.0750 e. The number of allylic oxidation sites excluding steroid dienone is 1. The van der Waals surface area contributed by atoms with Crippen LogP contribution in [0.1, 0.15) is 33.6 Å². The molecule has 0 aliphatic heterocycles. The van der Waals surface area contributed by atoms with E-state index in [0.717, 1.165) is 18.4 Å². The Labute approximate surface area is 69.1 Å². The van der Waals surface area contributed by atoms with E-state index in [4.69, 9.17) is 0 Å². The van der Waals surface area contributed by atoms with Gasteiger partial charge in [-0.1, -0.05) is 19.9 Å². The van der Waals surface area contributed by atoms with Crippen LogP contribution in [-0.4, -0.2) is 11.2 Å². The highest BCUT2D eigenvalue weighted by Crippen LogP contribution is 2.28. The molecule has 0 amide bonds. The predicted octanol–water partition coefficient (Wildman–Crippen LogP) is 2.36. The molecule has 0 aromatic rings. The summed E-state index contributed by atoms with van der Waals surface area (Å²) in [7, 11) is 0. The van der Waals surface area contributed by atoms with Crippen LogP contribution in [0.25, 0.3) is 0 Å². The Bertz CT molecular complexity index is 158. The Kier molecular flexibility index (Phi) is 2.72. The van der Waals surface area contributed by atoms with Crippen molar-refractivity contribution < 1.29 is 5.11 Å². The molecule has 2 atom stereocenters. The Balaban J connectivity index is 2.55. The molecule has 0 aromatic heterocycles. The van der Waals surface area contributed by atoms with Gasteiger partial charge in [-0.3, -0.25) is 0 Å². The topological polar surface area (TPSA) is 20.2 Å². The second kappa shape index (κ2) is 3.40. The van der Waals surface area contributed by atoms with Crippen LogP contribution in [0.2, 0.25) is 0 Å². The fourth-order valence-corrected chi connectivity index (χ4v) is 1.59. The Morgan fingerprint density at radius 2 is 2.18 bits per heavy atom. The molecule has 1 aliphatic carbocycles. The van der Waals surface area contributed by atoms with Gasteiger partial charge in [0.25, 0.3) is 0 Å². The molecule has 0 radical (unpaired) electrons. The Morgan fingerprint density at radius 3 is 2.64 bits per heavy atom. The SMILES string of the molecule is CC1=CCC(C(C)C)CC1O. The summed E-state index contributed by atoms with van der Waals surface area (Å²) in [6, 6.07) is 0. The first kappa shape index (κ1) is 8.79. The maximum atomic E-state index is 9.53. The monoisotopic (exact) mass is 154 g/mol. The molecule has 64 valence electrons. The smallest absolute Gasteiger partial charge is 0.0750 e. The lowest BCUT2D eigenvalue weighted by molar-refractivity contribution is 0.149. The highest BCUT2D eigenvalue weighted by Gasteiger charge is 2.21. The lowest BCUT2D eigenvalue weighted by atomic mass is 9.81. The molecule has 0 bridgehead atoms. The van der Waals surface area contributed by atoms with Crippen molar-refractivity contribution in [3.8, 4) is 0 Å². The molecule has 0 saturated heterocycles. The maximum absolute atomic E-state index is 9.53. The molecule has 0 heterocycles. The first-order valence-corrected chi connectivity index (χ1v) is 4.46. The van der Waals surface area contributed by atoms with Gasteiger partial charge in [0.2, 0.25) is 0 Å². The molecule has 0 saturated carbocycles. The average molecular weight is 154 g/mol. The van der Waals surface area contributed by atoms with Crippen molar-refractivity contribution in [2.75, 3.05) is 0 Å². The van der Waals surface area contributed by atoms with Crippen molar-refractivity contribution in [3.63, 3.8) is 0 Å². The van der Waals surface area contributed by atoms with Gasteiger partial charge in [0.1, 0.15) is 0 Å². The lowest BCUT2D eigenvalue weighted by Gasteiger charge is -2.27. The molecule has 1 rings (SSSR count). The van der Waals surface area contributed by atoms with Crippen molar-refractivity contribution in [1.82, 2.24) is 0 Å². The van der Waals surface area contributed by atoms with Gasteiger partial charge in [-0.15, -0.1) is 0 Å². The van der Waals surface area contributed by atoms with E-state index in [1.807, 2.05) is 6.92 Å². The van der Waals surface area contributed by atoms with Gasteiger partial charge >= 0.3 is 0 Å². The summed E-state index contributed by atoms with van der Waals surface area (Å²) in [5.41, 5.74) is 1.15. The number of aliphatic hydroxyl groups excluding tert-OH is 1. The van der Waals surface area contributed by atoms with Crippen molar-refractivity contribution in [2.24, 2.45) is 11.8 Å². The van der Waals surface area contributed by atoms with Crippen LogP contribution in [0.5, 0.6) is 0 Å². The average Bonchev–Trinajstić information content (AvgIpc) is 1.94. The van der Waals surface area contributed by atoms with Gasteiger partial charge < -0.3 is 5.11 Å². The first-order chi connectivity index (χ1) is 5.11. The molecule has 2 unspecified atom stereocenters. The van der Waals surface area contributed by atoms with E-state index in [0.29, 0.717) is 11.8 Å². The van der Waals surface area contributed by atoms with Crippen molar-refractivity contribution >= 4 is 0 Å². The molecule has 0 fully saturated rings. The third-order valence-corrected chi connectivity index (χ3v) is 2.74. The zero-order valence-corrected chi connectivity index (χ0v) is 7.67. The second-order valence-corrected chi connectivity index (χ2v) is 3.94. The quantitative estimate of drug-likeness (QED) is 0.575. The zero-order chi connectivity index (χ0) is 8.43. The zero-order valence-electron chi connectivity index (χ0n) is 7.67. The molecule has 11 heavy (non-hydrogen) atoms. The third-order valence-electron chi connectivity index (χ3n) is 2.74. The van der Waals surface area contributed by atoms with E-state index in [9.17, 15) is 5.11 Å². The molecule has 0 spiro atoms. The van der Waals surface area contributed by atoms with Gasteiger partial charge in [0.05, 0.1) is 6.10 Å². The minimum atomic E-state index is -0.170. The highest BCUT2D eigenvalue weighted by molar-refractivity contribution is 5.09. The molecule has 1 aliphatic rings. The van der Waals surface area contributed by atoms with E-state index in [1.54, 1.807) is 0 Å². The third kappa shape index (κ3) is 2.06. The fraction of sp³-hybridized carbons (Fsp3) is 0.800. The summed E-state index contributed by atoms with van der Waals surface area (Å²) < 4.78 is 0. The normalized spacial score (nSPS) is 32.3. The lowest BCUT2D eigenvalue weighted by Crippen LogP contribution is -2.22. The Morgan fingerprint density at radius 1 is 1.55 bits per heavy atom. The number of aliphatic hydroxyl groups is 1. The Hall–Kier alpha value is -0.300. The van der Waals surface area contributed by atoms with E-state index in [2.05, 4.69) is 19.9 Å². The second-order valence-electron chi connectivity index (χ2n) is 3.94. The summed E-state index contributed by atoms with van der Waals surface area (Å²) in [4.78, 5) is 0. The summed E-state index contributed by atoms with van der Waals surface area (Å²) >= 11 is 0. The van der Waals surface area contributed by atoms with E-state index >= 15 is 0 Å². The van der Waals surface area contributed by atoms with Crippen molar-refractivity contribution in [3.05, 3.63) is 11.6 Å². The summed E-state index contributed by atoms with van der Waals surface area (Å²) in [6.45, 7) is 6.47. The van der Waals surface area contributed by atoms with E-state index < -0.39 is 0 Å². The van der Waals surface area contributed by atoms with Crippen LogP contribution in [0, 0.1) is 11.8 Å². The van der Waals surface area contributed by atoms with Gasteiger partial charge in [0.15, 0.2) is 0 Å². The molecular formula is C10H18O. The largest absolute Gasteiger partial charge is 0.389 e. The van der Waals surface area contributed by atoms with E-state index in [1.165, 1.54) is 0 Å². The highest BCUT2D eigenvalue weighted by atomic mass is 16.3.